The summed E-state index contributed by atoms with van der Waals surface area (Å²) in [6, 6.07) is 26.5. The van der Waals surface area contributed by atoms with Gasteiger partial charge in [-0.1, -0.05) is 108 Å². The molecule has 4 aromatic carbocycles. The number of benzene rings is 4. The van der Waals surface area contributed by atoms with Crippen LogP contribution in [0, 0.1) is 0 Å². The average molecular weight is 848 g/mol. The van der Waals surface area contributed by atoms with Crippen molar-refractivity contribution in [2.45, 2.75) is 49.9 Å². The lowest BCUT2D eigenvalue weighted by Crippen LogP contribution is -2.42. The summed E-state index contributed by atoms with van der Waals surface area (Å²) in [5.41, 5.74) is 6.18. The van der Waals surface area contributed by atoms with Gasteiger partial charge in [-0.2, -0.15) is 0 Å². The molecule has 306 valence electrons. The minimum atomic E-state index is -1.32. The molecule has 0 bridgehead atoms. The van der Waals surface area contributed by atoms with Gasteiger partial charge in [0.15, 0.2) is 0 Å². The number of aromatic nitrogens is 4. The topological polar surface area (TPSA) is 197 Å². The van der Waals surface area contributed by atoms with Crippen molar-refractivity contribution < 1.29 is 29.4 Å². The molecule has 4 heterocycles. The summed E-state index contributed by atoms with van der Waals surface area (Å²) in [6.45, 7) is 0.910. The van der Waals surface area contributed by atoms with E-state index in [0.29, 0.717) is 58.8 Å². The highest BCUT2D eigenvalue weighted by Crippen LogP contribution is 2.37. The van der Waals surface area contributed by atoms with Crippen molar-refractivity contribution in [3.05, 3.63) is 142 Å². The summed E-state index contributed by atoms with van der Waals surface area (Å²) in [4.78, 5) is 70.4. The van der Waals surface area contributed by atoms with Crippen LogP contribution in [0.15, 0.2) is 109 Å². The van der Waals surface area contributed by atoms with Crippen molar-refractivity contribution in [2.75, 3.05) is 13.1 Å². The molecule has 0 saturated carbocycles. The van der Waals surface area contributed by atoms with Gasteiger partial charge >= 0.3 is 12.2 Å². The van der Waals surface area contributed by atoms with Crippen molar-refractivity contribution >= 4 is 47.2 Å². The van der Waals surface area contributed by atoms with Gasteiger partial charge in [-0.15, -0.1) is 0 Å². The number of halogens is 2. The van der Waals surface area contributed by atoms with Crippen LogP contribution >= 0.6 is 23.2 Å². The molecule has 60 heavy (non-hydrogen) atoms. The average Bonchev–Trinajstić information content (AvgIpc) is 4.09. The SMILES string of the molecule is O=C(O)N[C@@H](C(=O)N1CCC[C@H]1c1ncc(-c2ccc(-c3ccc(-c4cnc([C@@H]5CCCN5C(=O)[C@H](NC(=O)O)c5ccccc5Cl)[nH]4)cc3)cc2)[nH]1)c1ccccc1Cl. The van der Waals surface area contributed by atoms with E-state index in [-0.39, 0.29) is 12.1 Å². The number of hydrogen-bond donors (Lipinski definition) is 6. The molecule has 2 aromatic heterocycles. The number of carbonyl (C=O) groups excluding carboxylic acids is 2. The third kappa shape index (κ3) is 8.29. The first kappa shape index (κ1) is 40.2. The molecule has 4 atom stereocenters. The second kappa shape index (κ2) is 17.3. The quantitative estimate of drug-likeness (QED) is 0.0744. The number of H-pyrrole nitrogens is 2. The molecule has 4 amide bonds. The van der Waals surface area contributed by atoms with E-state index < -0.39 is 36.1 Å². The smallest absolute Gasteiger partial charge is 0.405 e. The molecule has 0 spiro atoms. The Labute approximate surface area is 354 Å². The molecule has 16 heteroatoms. The first-order valence-electron chi connectivity index (χ1n) is 19.5. The lowest BCUT2D eigenvalue weighted by atomic mass is 10.0. The zero-order chi connectivity index (χ0) is 41.9. The Hall–Kier alpha value is -6.64. The van der Waals surface area contributed by atoms with Crippen LogP contribution < -0.4 is 10.6 Å². The van der Waals surface area contributed by atoms with Crippen molar-refractivity contribution in [1.82, 2.24) is 40.4 Å². The predicted octanol–water partition coefficient (Wildman–Crippen LogP) is 8.79. The number of nitrogens with one attached hydrogen (secondary N) is 4. The van der Waals surface area contributed by atoms with E-state index in [1.54, 1.807) is 70.7 Å². The van der Waals surface area contributed by atoms with Crippen LogP contribution in [0.3, 0.4) is 0 Å². The van der Waals surface area contributed by atoms with Gasteiger partial charge in [0.1, 0.15) is 23.7 Å². The van der Waals surface area contributed by atoms with Gasteiger partial charge in [0.2, 0.25) is 0 Å². The highest BCUT2D eigenvalue weighted by Gasteiger charge is 2.39. The molecule has 2 aliphatic rings. The Bertz CT molecular complexity index is 2370. The molecule has 8 rings (SSSR count). The van der Waals surface area contributed by atoms with Gasteiger partial charge in [0.25, 0.3) is 11.8 Å². The van der Waals surface area contributed by atoms with Crippen molar-refractivity contribution in [3.8, 4) is 33.6 Å². The number of imidazole rings is 2. The van der Waals surface area contributed by atoms with E-state index in [1.165, 1.54) is 0 Å². The van der Waals surface area contributed by atoms with Crippen LogP contribution in [-0.4, -0.2) is 77.0 Å². The Morgan fingerprint density at radius 1 is 0.583 bits per heavy atom. The second-order valence-corrected chi connectivity index (χ2v) is 15.5. The molecule has 0 radical (unpaired) electrons. The number of rotatable bonds is 11. The largest absolute Gasteiger partial charge is 0.465 e. The fraction of sp³-hybridized carbons (Fsp3) is 0.227. The van der Waals surface area contributed by atoms with E-state index in [4.69, 9.17) is 23.2 Å². The van der Waals surface area contributed by atoms with E-state index in [1.807, 2.05) is 48.5 Å². The molecular weight excluding hydrogens is 807 g/mol. The van der Waals surface area contributed by atoms with Gasteiger partial charge in [-0.05, 0) is 60.1 Å². The first-order valence-corrected chi connectivity index (χ1v) is 20.2. The number of hydrogen-bond acceptors (Lipinski definition) is 6. The Balaban J connectivity index is 0.935. The third-order valence-electron chi connectivity index (χ3n) is 11.1. The van der Waals surface area contributed by atoms with Crippen molar-refractivity contribution in [1.29, 1.82) is 0 Å². The van der Waals surface area contributed by atoms with Gasteiger partial charge in [0.05, 0.1) is 35.9 Å². The van der Waals surface area contributed by atoms with E-state index >= 15 is 0 Å². The highest BCUT2D eigenvalue weighted by molar-refractivity contribution is 6.32. The molecule has 6 N–H and O–H groups in total. The van der Waals surface area contributed by atoms with Crippen LogP contribution in [0.5, 0.6) is 0 Å². The molecule has 6 aromatic rings. The maximum Gasteiger partial charge on any atom is 0.405 e. The number of likely N-dealkylation sites (tertiary alicyclic amines) is 2. The standard InChI is InChI=1S/C44H40Cl2N8O6/c45-31-9-3-1-7-29(31)37(51-43(57)58)41(55)53-21-5-11-35(53)39-47-23-33(49-39)27-17-13-25(14-18-27)26-15-19-28(20-16-26)34-24-48-40(50-34)36-12-6-22-54(36)42(56)38(52-44(59)60)30-8-2-4-10-32(30)46/h1-4,7-10,13-20,23-24,35-38,51-52H,5-6,11-12,21-22H2,(H,47,49)(H,48,50)(H,57,58)(H,59,60)/t35-,36-,37+,38+/m0/s1. The summed E-state index contributed by atoms with van der Waals surface area (Å²) in [5.74, 6) is 0.457. The highest BCUT2D eigenvalue weighted by atomic mass is 35.5. The zero-order valence-corrected chi connectivity index (χ0v) is 33.5. The molecule has 0 aliphatic carbocycles. The van der Waals surface area contributed by atoms with Crippen LogP contribution in [0.2, 0.25) is 10.0 Å². The second-order valence-electron chi connectivity index (χ2n) is 14.7. The molecule has 2 fully saturated rings. The number of carboxylic acid groups (broad SMARTS) is 2. The maximum absolute atomic E-state index is 13.8. The maximum atomic E-state index is 13.8. The zero-order valence-electron chi connectivity index (χ0n) is 32.0. The van der Waals surface area contributed by atoms with Gasteiger partial charge in [-0.3, -0.25) is 9.59 Å². The Kier molecular flexibility index (Phi) is 11.6. The minimum Gasteiger partial charge on any atom is -0.465 e. The normalized spacial score (nSPS) is 17.3. The lowest BCUT2D eigenvalue weighted by Gasteiger charge is -2.28. The molecule has 0 unspecified atom stereocenters. The van der Waals surface area contributed by atoms with Crippen molar-refractivity contribution in [2.24, 2.45) is 0 Å². The van der Waals surface area contributed by atoms with Gasteiger partial charge in [0, 0.05) is 34.3 Å². The fourth-order valence-corrected chi connectivity index (χ4v) is 8.65. The number of nitrogens with zero attached hydrogens (tertiary/aromatic N) is 4. The Morgan fingerprint density at radius 3 is 1.32 bits per heavy atom. The molecule has 2 aliphatic heterocycles. The number of carbonyl (C=O) groups is 4. The Morgan fingerprint density at radius 2 is 0.950 bits per heavy atom. The van der Waals surface area contributed by atoms with E-state index in [0.717, 1.165) is 46.5 Å². The first-order chi connectivity index (χ1) is 29.0. The number of amides is 4. The summed E-state index contributed by atoms with van der Waals surface area (Å²) in [7, 11) is 0. The number of aromatic amines is 2. The van der Waals surface area contributed by atoms with Gasteiger partial charge in [-0.25, -0.2) is 19.6 Å². The summed E-state index contributed by atoms with van der Waals surface area (Å²) < 4.78 is 0. The van der Waals surface area contributed by atoms with Gasteiger partial charge < -0.3 is 40.6 Å². The van der Waals surface area contributed by atoms with Crippen LogP contribution in [0.25, 0.3) is 33.6 Å². The summed E-state index contributed by atoms with van der Waals surface area (Å²) in [5, 5.41) is 24.4. The summed E-state index contributed by atoms with van der Waals surface area (Å²) >= 11 is 12.8. The molecular formula is C44H40Cl2N8O6. The van der Waals surface area contributed by atoms with Crippen LogP contribution in [-0.2, 0) is 9.59 Å². The van der Waals surface area contributed by atoms with E-state index in [2.05, 4.69) is 30.6 Å². The third-order valence-corrected chi connectivity index (χ3v) is 11.8. The lowest BCUT2D eigenvalue weighted by molar-refractivity contribution is -0.135. The fourth-order valence-electron chi connectivity index (χ4n) is 8.16. The van der Waals surface area contributed by atoms with E-state index in [9.17, 15) is 29.4 Å². The predicted molar refractivity (Wildman–Crippen MR) is 225 cm³/mol. The van der Waals surface area contributed by atoms with Crippen molar-refractivity contribution in [3.63, 3.8) is 0 Å². The van der Waals surface area contributed by atoms with Crippen LogP contribution in [0.4, 0.5) is 9.59 Å². The van der Waals surface area contributed by atoms with Crippen LogP contribution in [0.1, 0.15) is 72.6 Å². The monoisotopic (exact) mass is 846 g/mol. The summed E-state index contributed by atoms with van der Waals surface area (Å²) in [6.07, 6.45) is 3.66. The molecule has 2 saturated heterocycles. The minimum absolute atomic E-state index is 0.300. The molecule has 14 nitrogen and oxygen atoms in total.